The molecule has 28 heavy (non-hydrogen) atoms. The van der Waals surface area contributed by atoms with Crippen LogP contribution >= 0.6 is 12.4 Å². The number of carboxylic acid groups (broad SMARTS) is 1. The molecule has 1 aliphatic rings. The van der Waals surface area contributed by atoms with Crippen LogP contribution in [0.3, 0.4) is 0 Å². The van der Waals surface area contributed by atoms with Crippen LogP contribution in [0.25, 0.3) is 0 Å². The minimum absolute atomic E-state index is 0. The van der Waals surface area contributed by atoms with Crippen LogP contribution in [0.5, 0.6) is 5.75 Å². The molecular weight excluding hydrogens is 382 g/mol. The number of hydrogen-bond donors (Lipinski definition) is 3. The van der Waals surface area contributed by atoms with Gasteiger partial charge in [-0.25, -0.2) is 9.59 Å². The number of carboxylic acids is 1. The van der Waals surface area contributed by atoms with Gasteiger partial charge >= 0.3 is 12.0 Å². The number of benzene rings is 2. The van der Waals surface area contributed by atoms with E-state index in [-0.39, 0.29) is 30.0 Å². The topological polar surface area (TPSA) is 90.9 Å². The zero-order chi connectivity index (χ0) is 19.2. The maximum atomic E-state index is 12.7. The number of amides is 2. The lowest BCUT2D eigenvalue weighted by Crippen LogP contribution is -2.51. The predicted molar refractivity (Wildman–Crippen MR) is 108 cm³/mol. The molecular formula is C20H24ClN3O4. The Balaban J connectivity index is 0.00000280. The number of urea groups is 1. The highest BCUT2D eigenvalue weighted by molar-refractivity contribution is 5.87. The number of nitrogens with one attached hydrogen (secondary N) is 2. The molecule has 2 aromatic rings. The average molecular weight is 406 g/mol. The Morgan fingerprint density at radius 1 is 1.18 bits per heavy atom. The van der Waals surface area contributed by atoms with Gasteiger partial charge in [0.15, 0.2) is 0 Å². The molecule has 7 nitrogen and oxygen atoms in total. The predicted octanol–water partition coefficient (Wildman–Crippen LogP) is 2.67. The zero-order valence-corrected chi connectivity index (χ0v) is 16.4. The first kappa shape index (κ1) is 21.5. The van der Waals surface area contributed by atoms with Crippen LogP contribution in [-0.4, -0.2) is 48.8 Å². The summed E-state index contributed by atoms with van der Waals surface area (Å²) in [6, 6.07) is 14.0. The van der Waals surface area contributed by atoms with Crippen molar-refractivity contribution < 1.29 is 19.4 Å². The van der Waals surface area contributed by atoms with Crippen molar-refractivity contribution in [3.05, 3.63) is 65.2 Å². The molecule has 1 atom stereocenters. The Morgan fingerprint density at radius 3 is 2.46 bits per heavy atom. The number of rotatable bonds is 5. The third-order valence-electron chi connectivity index (χ3n) is 4.65. The van der Waals surface area contributed by atoms with Crippen molar-refractivity contribution in [2.45, 2.75) is 12.6 Å². The number of halogens is 1. The van der Waals surface area contributed by atoms with Crippen molar-refractivity contribution >= 4 is 24.4 Å². The van der Waals surface area contributed by atoms with Crippen LogP contribution in [-0.2, 0) is 6.54 Å². The Kier molecular flexibility index (Phi) is 7.66. The highest BCUT2D eigenvalue weighted by atomic mass is 35.5. The molecule has 2 amide bonds. The van der Waals surface area contributed by atoms with Gasteiger partial charge in [-0.1, -0.05) is 24.3 Å². The van der Waals surface area contributed by atoms with E-state index >= 15 is 0 Å². The average Bonchev–Trinajstić information content (AvgIpc) is 2.72. The Morgan fingerprint density at radius 2 is 1.86 bits per heavy atom. The molecule has 150 valence electrons. The second-order valence-corrected chi connectivity index (χ2v) is 6.35. The summed E-state index contributed by atoms with van der Waals surface area (Å²) in [5, 5.41) is 15.2. The fourth-order valence-corrected chi connectivity index (χ4v) is 3.12. The van der Waals surface area contributed by atoms with Crippen LogP contribution in [0.4, 0.5) is 4.79 Å². The molecule has 3 rings (SSSR count). The summed E-state index contributed by atoms with van der Waals surface area (Å²) in [5.74, 6) is -0.183. The zero-order valence-electron chi connectivity index (χ0n) is 15.6. The van der Waals surface area contributed by atoms with Gasteiger partial charge in [0, 0.05) is 26.2 Å². The summed E-state index contributed by atoms with van der Waals surface area (Å²) in [5.41, 5.74) is 2.13. The normalized spacial score (nSPS) is 16.0. The van der Waals surface area contributed by atoms with Crippen molar-refractivity contribution in [1.29, 1.82) is 0 Å². The summed E-state index contributed by atoms with van der Waals surface area (Å²) < 4.78 is 5.20. The van der Waals surface area contributed by atoms with Gasteiger partial charge in [-0.2, -0.15) is 0 Å². The standard InChI is InChI=1S/C20H23N3O4.ClH/c1-27-17-8-6-15(7-9-17)18-13-21-10-11-23(18)20(26)22-12-14-2-4-16(5-3-14)19(24)25;/h2-9,18,21H,10-13H2,1H3,(H,22,26)(H,24,25);1H. The minimum atomic E-state index is -0.964. The van der Waals surface area contributed by atoms with E-state index in [2.05, 4.69) is 10.6 Å². The van der Waals surface area contributed by atoms with Crippen LogP contribution in [0.2, 0.25) is 0 Å². The SMILES string of the molecule is COc1ccc(C2CNCCN2C(=O)NCc2ccc(C(=O)O)cc2)cc1.Cl. The number of piperazine rings is 1. The molecule has 3 N–H and O–H groups in total. The first-order valence-corrected chi connectivity index (χ1v) is 8.80. The Labute approximate surface area is 170 Å². The second kappa shape index (κ2) is 9.96. The molecule has 8 heteroatoms. The van der Waals surface area contributed by atoms with Crippen molar-refractivity contribution in [2.75, 3.05) is 26.7 Å². The van der Waals surface area contributed by atoms with Crippen LogP contribution in [0, 0.1) is 0 Å². The third-order valence-corrected chi connectivity index (χ3v) is 4.65. The van der Waals surface area contributed by atoms with Gasteiger partial charge in [0.05, 0.1) is 18.7 Å². The molecule has 0 saturated carbocycles. The lowest BCUT2D eigenvalue weighted by Gasteiger charge is -2.36. The highest BCUT2D eigenvalue weighted by Crippen LogP contribution is 2.24. The van der Waals surface area contributed by atoms with Crippen LogP contribution in [0.15, 0.2) is 48.5 Å². The lowest BCUT2D eigenvalue weighted by atomic mass is 10.0. The maximum absolute atomic E-state index is 12.7. The van der Waals surface area contributed by atoms with E-state index < -0.39 is 5.97 Å². The molecule has 0 spiro atoms. The summed E-state index contributed by atoms with van der Waals surface area (Å²) in [6.07, 6.45) is 0. The number of ether oxygens (including phenoxy) is 1. The van der Waals surface area contributed by atoms with Gasteiger partial charge in [0.2, 0.25) is 0 Å². The van der Waals surface area contributed by atoms with E-state index in [4.69, 9.17) is 9.84 Å². The summed E-state index contributed by atoms with van der Waals surface area (Å²) in [4.78, 5) is 25.5. The van der Waals surface area contributed by atoms with Crippen molar-refractivity contribution in [1.82, 2.24) is 15.5 Å². The first-order valence-electron chi connectivity index (χ1n) is 8.80. The second-order valence-electron chi connectivity index (χ2n) is 6.35. The highest BCUT2D eigenvalue weighted by Gasteiger charge is 2.27. The molecule has 0 aromatic heterocycles. The quantitative estimate of drug-likeness (QED) is 0.711. The van der Waals surface area contributed by atoms with Gasteiger partial charge < -0.3 is 25.4 Å². The van der Waals surface area contributed by atoms with Gasteiger partial charge in [-0.3, -0.25) is 0 Å². The molecule has 1 heterocycles. The number of hydrogen-bond acceptors (Lipinski definition) is 4. The van der Waals surface area contributed by atoms with Gasteiger partial charge in [-0.15, -0.1) is 12.4 Å². The number of carbonyl (C=O) groups excluding carboxylic acids is 1. The Bertz CT molecular complexity index is 796. The van der Waals surface area contributed by atoms with E-state index in [9.17, 15) is 9.59 Å². The molecule has 1 fully saturated rings. The molecule has 1 unspecified atom stereocenters. The molecule has 1 saturated heterocycles. The summed E-state index contributed by atoms with van der Waals surface area (Å²) in [6.45, 7) is 2.39. The summed E-state index contributed by atoms with van der Waals surface area (Å²) in [7, 11) is 1.62. The summed E-state index contributed by atoms with van der Waals surface area (Å²) >= 11 is 0. The molecule has 2 aromatic carbocycles. The van der Waals surface area contributed by atoms with E-state index in [0.29, 0.717) is 19.6 Å². The van der Waals surface area contributed by atoms with Crippen molar-refractivity contribution in [3.8, 4) is 5.75 Å². The van der Waals surface area contributed by atoms with E-state index in [1.165, 1.54) is 12.1 Å². The lowest BCUT2D eigenvalue weighted by molar-refractivity contribution is 0.0697. The largest absolute Gasteiger partial charge is 0.497 e. The van der Waals surface area contributed by atoms with Crippen molar-refractivity contribution in [3.63, 3.8) is 0 Å². The maximum Gasteiger partial charge on any atom is 0.335 e. The monoisotopic (exact) mass is 405 g/mol. The third kappa shape index (κ3) is 5.15. The first-order chi connectivity index (χ1) is 13.1. The fourth-order valence-electron chi connectivity index (χ4n) is 3.12. The molecule has 0 bridgehead atoms. The number of aromatic carboxylic acids is 1. The van der Waals surface area contributed by atoms with E-state index in [0.717, 1.165) is 23.4 Å². The number of carbonyl (C=O) groups is 2. The van der Waals surface area contributed by atoms with Crippen LogP contribution < -0.4 is 15.4 Å². The molecule has 0 radical (unpaired) electrons. The molecule has 0 aliphatic carbocycles. The molecule has 1 aliphatic heterocycles. The van der Waals surface area contributed by atoms with E-state index in [1.54, 1.807) is 19.2 Å². The Hall–Kier alpha value is -2.77. The minimum Gasteiger partial charge on any atom is -0.497 e. The van der Waals surface area contributed by atoms with E-state index in [1.807, 2.05) is 29.2 Å². The van der Waals surface area contributed by atoms with Crippen LogP contribution in [0.1, 0.15) is 27.5 Å². The van der Waals surface area contributed by atoms with Gasteiger partial charge in [0.1, 0.15) is 5.75 Å². The number of nitrogens with zero attached hydrogens (tertiary/aromatic N) is 1. The number of methoxy groups -OCH3 is 1. The van der Waals surface area contributed by atoms with Gasteiger partial charge in [0.25, 0.3) is 0 Å². The van der Waals surface area contributed by atoms with Gasteiger partial charge in [-0.05, 0) is 35.4 Å². The smallest absolute Gasteiger partial charge is 0.335 e. The van der Waals surface area contributed by atoms with Crippen molar-refractivity contribution in [2.24, 2.45) is 0 Å². The fraction of sp³-hybridized carbons (Fsp3) is 0.300.